The Labute approximate surface area is 177 Å². The van der Waals surface area contributed by atoms with Gasteiger partial charge in [0.25, 0.3) is 5.91 Å². The van der Waals surface area contributed by atoms with Crippen LogP contribution in [0.3, 0.4) is 0 Å². The number of hydrogen-bond donors (Lipinski definition) is 1. The van der Waals surface area contributed by atoms with E-state index >= 15 is 0 Å². The summed E-state index contributed by atoms with van der Waals surface area (Å²) in [6, 6.07) is 12.7. The van der Waals surface area contributed by atoms with E-state index in [2.05, 4.69) is 5.32 Å². The van der Waals surface area contributed by atoms with Crippen LogP contribution in [0, 0.1) is 5.82 Å². The normalized spacial score (nSPS) is 23.9. The zero-order valence-corrected chi connectivity index (χ0v) is 16.9. The molecule has 2 aromatic carbocycles. The number of benzene rings is 2. The van der Waals surface area contributed by atoms with Gasteiger partial charge >= 0.3 is 0 Å². The molecule has 5 rings (SSSR count). The number of nitrogens with zero attached hydrogens (tertiary/aromatic N) is 1. The number of likely N-dealkylation sites (tertiary alicyclic amines) is 1. The highest BCUT2D eigenvalue weighted by molar-refractivity contribution is 6.31. The van der Waals surface area contributed by atoms with Gasteiger partial charge in [-0.05, 0) is 61.2 Å². The van der Waals surface area contributed by atoms with E-state index in [4.69, 9.17) is 16.0 Å². The number of nitrogens with one attached hydrogen (secondary N) is 1. The molecule has 2 aliphatic rings. The van der Waals surface area contributed by atoms with E-state index < -0.39 is 11.6 Å². The van der Waals surface area contributed by atoms with Gasteiger partial charge < -0.3 is 14.6 Å². The molecule has 0 unspecified atom stereocenters. The molecule has 2 amide bonds. The number of furan rings is 1. The van der Waals surface area contributed by atoms with Crippen molar-refractivity contribution in [3.8, 4) is 0 Å². The van der Waals surface area contributed by atoms with Gasteiger partial charge in [-0.15, -0.1) is 0 Å². The van der Waals surface area contributed by atoms with Crippen LogP contribution >= 0.6 is 11.6 Å². The van der Waals surface area contributed by atoms with E-state index in [1.165, 1.54) is 12.1 Å². The fourth-order valence-electron chi connectivity index (χ4n) is 4.88. The van der Waals surface area contributed by atoms with Crippen LogP contribution in [0.1, 0.15) is 47.8 Å². The van der Waals surface area contributed by atoms with Crippen LogP contribution in [0.5, 0.6) is 0 Å². The van der Waals surface area contributed by atoms with Crippen molar-refractivity contribution in [2.24, 2.45) is 0 Å². The topological polar surface area (TPSA) is 62.6 Å². The standard InChI is InChI=1S/C23H20ClFN2O3/c24-16-4-7-18-15(12-16)13-19(30-18)22(29)27-11-1-9-23(10-8-20(28)26-23)21(27)14-2-5-17(25)6-3-14/h2-7,12-13,21H,1,8-11H2,(H,26,28)/t21-,23+/m1/s1. The molecule has 0 bridgehead atoms. The van der Waals surface area contributed by atoms with Crippen molar-refractivity contribution in [3.05, 3.63) is 70.7 Å². The van der Waals surface area contributed by atoms with Crippen LogP contribution in [0.15, 0.2) is 52.9 Å². The van der Waals surface area contributed by atoms with E-state index in [1.54, 1.807) is 41.3 Å². The molecule has 2 aliphatic heterocycles. The molecule has 0 saturated carbocycles. The second kappa shape index (κ2) is 7.13. The molecule has 2 fully saturated rings. The van der Waals surface area contributed by atoms with Crippen molar-refractivity contribution in [1.29, 1.82) is 0 Å². The molecule has 3 heterocycles. The van der Waals surface area contributed by atoms with Gasteiger partial charge in [-0.3, -0.25) is 9.59 Å². The summed E-state index contributed by atoms with van der Waals surface area (Å²) in [7, 11) is 0. The summed E-state index contributed by atoms with van der Waals surface area (Å²) in [5, 5.41) is 4.45. The van der Waals surface area contributed by atoms with Crippen molar-refractivity contribution in [1.82, 2.24) is 10.2 Å². The molecule has 1 spiro atoms. The van der Waals surface area contributed by atoms with E-state index in [-0.39, 0.29) is 23.4 Å². The summed E-state index contributed by atoms with van der Waals surface area (Å²) in [5.41, 5.74) is 0.825. The minimum Gasteiger partial charge on any atom is -0.451 e. The van der Waals surface area contributed by atoms with Gasteiger partial charge in [0.2, 0.25) is 5.91 Å². The SMILES string of the molecule is O=C1CC[C@]2(CCCN(C(=O)c3cc4cc(Cl)ccc4o3)[C@@H]2c2ccc(F)cc2)N1. The Kier molecular flexibility index (Phi) is 4.54. The summed E-state index contributed by atoms with van der Waals surface area (Å²) in [5.74, 6) is -0.390. The van der Waals surface area contributed by atoms with Gasteiger partial charge in [-0.1, -0.05) is 23.7 Å². The van der Waals surface area contributed by atoms with Crippen molar-refractivity contribution in [3.63, 3.8) is 0 Å². The van der Waals surface area contributed by atoms with Crippen LogP contribution in [-0.2, 0) is 4.79 Å². The average molecular weight is 427 g/mol. The fraction of sp³-hybridized carbons (Fsp3) is 0.304. The molecule has 30 heavy (non-hydrogen) atoms. The third-order valence-electron chi connectivity index (χ3n) is 6.18. The molecular formula is C23H20ClFN2O3. The third-order valence-corrected chi connectivity index (χ3v) is 6.41. The molecule has 0 aliphatic carbocycles. The first kappa shape index (κ1) is 19.1. The molecule has 1 aromatic heterocycles. The van der Waals surface area contributed by atoms with Gasteiger partial charge in [0.05, 0.1) is 11.6 Å². The minimum absolute atomic E-state index is 0.0187. The lowest BCUT2D eigenvalue weighted by Crippen LogP contribution is -2.58. The zero-order valence-electron chi connectivity index (χ0n) is 16.2. The lowest BCUT2D eigenvalue weighted by Gasteiger charge is -2.48. The fourth-order valence-corrected chi connectivity index (χ4v) is 5.07. The first-order chi connectivity index (χ1) is 14.4. The molecule has 2 atom stereocenters. The van der Waals surface area contributed by atoms with Crippen LogP contribution < -0.4 is 5.32 Å². The molecule has 2 saturated heterocycles. The van der Waals surface area contributed by atoms with Crippen LogP contribution in [0.4, 0.5) is 4.39 Å². The predicted molar refractivity (Wildman–Crippen MR) is 111 cm³/mol. The lowest BCUT2D eigenvalue weighted by atomic mass is 9.76. The van der Waals surface area contributed by atoms with E-state index in [0.717, 1.165) is 23.8 Å². The Balaban J connectivity index is 1.57. The number of rotatable bonds is 2. The summed E-state index contributed by atoms with van der Waals surface area (Å²) in [6.07, 6.45) is 2.58. The zero-order chi connectivity index (χ0) is 20.9. The maximum Gasteiger partial charge on any atom is 0.290 e. The molecule has 1 N–H and O–H groups in total. The monoisotopic (exact) mass is 426 g/mol. The van der Waals surface area contributed by atoms with Gasteiger partial charge in [0.1, 0.15) is 11.4 Å². The number of carbonyl (C=O) groups excluding carboxylic acids is 2. The Morgan fingerprint density at radius 1 is 1.17 bits per heavy atom. The second-order valence-electron chi connectivity index (χ2n) is 8.05. The molecule has 7 heteroatoms. The quantitative estimate of drug-likeness (QED) is 0.637. The molecule has 0 radical (unpaired) electrons. The number of piperidine rings is 1. The van der Waals surface area contributed by atoms with Crippen LogP contribution in [-0.4, -0.2) is 28.8 Å². The molecule has 3 aromatic rings. The minimum atomic E-state index is -0.557. The van der Waals surface area contributed by atoms with Gasteiger partial charge in [0, 0.05) is 23.4 Å². The predicted octanol–water partition coefficient (Wildman–Crippen LogP) is 4.85. The number of hydrogen-bond acceptors (Lipinski definition) is 3. The maximum atomic E-state index is 13.6. The Morgan fingerprint density at radius 3 is 2.70 bits per heavy atom. The molecule has 5 nitrogen and oxygen atoms in total. The number of halogens is 2. The van der Waals surface area contributed by atoms with Gasteiger partial charge in [-0.2, -0.15) is 0 Å². The Bertz CT molecular complexity index is 1140. The highest BCUT2D eigenvalue weighted by Gasteiger charge is 2.51. The maximum absolute atomic E-state index is 13.6. The van der Waals surface area contributed by atoms with Crippen LogP contribution in [0.2, 0.25) is 5.02 Å². The first-order valence-corrected chi connectivity index (χ1v) is 10.4. The summed E-state index contributed by atoms with van der Waals surface area (Å²) >= 11 is 6.06. The Morgan fingerprint density at radius 2 is 1.97 bits per heavy atom. The van der Waals surface area contributed by atoms with Gasteiger partial charge in [0.15, 0.2) is 5.76 Å². The average Bonchev–Trinajstić information content (AvgIpc) is 3.31. The summed E-state index contributed by atoms with van der Waals surface area (Å²) in [6.45, 7) is 0.524. The number of carbonyl (C=O) groups is 2. The number of amides is 2. The van der Waals surface area contributed by atoms with E-state index in [0.29, 0.717) is 30.0 Å². The van der Waals surface area contributed by atoms with Crippen molar-refractivity contribution in [2.45, 2.75) is 37.3 Å². The third kappa shape index (κ3) is 3.16. The van der Waals surface area contributed by atoms with Crippen molar-refractivity contribution in [2.75, 3.05) is 6.54 Å². The van der Waals surface area contributed by atoms with Crippen molar-refractivity contribution >= 4 is 34.4 Å². The highest BCUT2D eigenvalue weighted by Crippen LogP contribution is 2.45. The lowest BCUT2D eigenvalue weighted by molar-refractivity contribution is -0.120. The number of fused-ring (bicyclic) bond motifs is 1. The largest absolute Gasteiger partial charge is 0.451 e. The molecule has 154 valence electrons. The second-order valence-corrected chi connectivity index (χ2v) is 8.49. The van der Waals surface area contributed by atoms with Gasteiger partial charge in [-0.25, -0.2) is 4.39 Å². The first-order valence-electron chi connectivity index (χ1n) is 10.0. The van der Waals surface area contributed by atoms with Crippen LogP contribution in [0.25, 0.3) is 11.0 Å². The Hall–Kier alpha value is -2.86. The van der Waals surface area contributed by atoms with E-state index in [9.17, 15) is 14.0 Å². The van der Waals surface area contributed by atoms with E-state index in [1.807, 2.05) is 0 Å². The highest BCUT2D eigenvalue weighted by atomic mass is 35.5. The summed E-state index contributed by atoms with van der Waals surface area (Å²) < 4.78 is 19.4. The smallest absolute Gasteiger partial charge is 0.290 e. The summed E-state index contributed by atoms with van der Waals surface area (Å²) in [4.78, 5) is 27.4. The molecular weight excluding hydrogens is 407 g/mol. The van der Waals surface area contributed by atoms with Crippen molar-refractivity contribution < 1.29 is 18.4 Å².